The van der Waals surface area contributed by atoms with E-state index in [0.29, 0.717) is 39.6 Å². The summed E-state index contributed by atoms with van der Waals surface area (Å²) in [6, 6.07) is 0. The summed E-state index contributed by atoms with van der Waals surface area (Å²) in [6.45, 7) is 12.2. The van der Waals surface area contributed by atoms with Crippen LogP contribution in [0.3, 0.4) is 0 Å². The largest absolute Gasteiger partial charge is 0.377 e. The number of carbonyl (C=O) groups excluding carboxylic acids is 2. The van der Waals surface area contributed by atoms with Gasteiger partial charge in [0.25, 0.3) is 0 Å². The van der Waals surface area contributed by atoms with Crippen LogP contribution in [0.1, 0.15) is 34.6 Å². The summed E-state index contributed by atoms with van der Waals surface area (Å²) < 4.78 is 15.8. The van der Waals surface area contributed by atoms with Crippen LogP contribution in [0.15, 0.2) is 0 Å². The van der Waals surface area contributed by atoms with Gasteiger partial charge in [-0.05, 0) is 0 Å². The molecule has 0 aromatic heterocycles. The predicted octanol–water partition coefficient (Wildman–Crippen LogP) is 1.42. The molecule has 0 aliphatic carbocycles. The van der Waals surface area contributed by atoms with Crippen molar-refractivity contribution in [3.63, 3.8) is 0 Å². The van der Waals surface area contributed by atoms with E-state index in [4.69, 9.17) is 14.2 Å². The lowest BCUT2D eigenvalue weighted by Crippen LogP contribution is -2.36. The summed E-state index contributed by atoms with van der Waals surface area (Å²) in [6.07, 6.45) is 0. The average Bonchev–Trinajstić information content (AvgIpc) is 2.42. The third-order valence-corrected chi connectivity index (χ3v) is 2.85. The van der Waals surface area contributed by atoms with Gasteiger partial charge in [0, 0.05) is 17.9 Å². The molecule has 0 aliphatic rings. The van der Waals surface area contributed by atoms with Crippen molar-refractivity contribution in [2.75, 3.05) is 46.2 Å². The molecular weight excluding hydrogens is 286 g/mol. The van der Waals surface area contributed by atoms with E-state index in [0.717, 1.165) is 0 Å². The standard InChI is InChI=1S/C16H31NO5/c1-13(2)14(18)12-22-11-10-21-9-8-20-7-6-17-15(19)16(3,4)5/h13H,6-12H2,1-5H3,(H,17,19). The lowest BCUT2D eigenvalue weighted by Gasteiger charge is -2.17. The lowest BCUT2D eigenvalue weighted by atomic mass is 9.96. The molecule has 0 bridgehead atoms. The van der Waals surface area contributed by atoms with Gasteiger partial charge in [-0.15, -0.1) is 0 Å². The van der Waals surface area contributed by atoms with E-state index >= 15 is 0 Å². The summed E-state index contributed by atoms with van der Waals surface area (Å²) in [4.78, 5) is 22.8. The highest BCUT2D eigenvalue weighted by Gasteiger charge is 2.20. The molecule has 0 spiro atoms. The van der Waals surface area contributed by atoms with Crippen molar-refractivity contribution in [1.82, 2.24) is 5.32 Å². The molecule has 0 aromatic rings. The minimum absolute atomic E-state index is 0.00749. The van der Waals surface area contributed by atoms with Gasteiger partial charge in [0.05, 0.1) is 33.0 Å². The third-order valence-electron chi connectivity index (χ3n) is 2.85. The maximum atomic E-state index is 11.6. The Morgan fingerprint density at radius 3 is 1.91 bits per heavy atom. The van der Waals surface area contributed by atoms with Gasteiger partial charge < -0.3 is 19.5 Å². The second-order valence-electron chi connectivity index (χ2n) is 6.40. The highest BCUT2D eigenvalue weighted by atomic mass is 16.5. The topological polar surface area (TPSA) is 73.9 Å². The summed E-state index contributed by atoms with van der Waals surface area (Å²) >= 11 is 0. The SMILES string of the molecule is CC(C)C(=O)COCCOCCOCCNC(=O)C(C)(C)C. The Hall–Kier alpha value is -0.980. The minimum Gasteiger partial charge on any atom is -0.377 e. The van der Waals surface area contributed by atoms with E-state index < -0.39 is 0 Å². The van der Waals surface area contributed by atoms with Gasteiger partial charge in [-0.1, -0.05) is 34.6 Å². The van der Waals surface area contributed by atoms with Gasteiger partial charge in [-0.3, -0.25) is 9.59 Å². The second kappa shape index (κ2) is 11.6. The number of rotatable bonds is 12. The molecule has 0 aromatic carbocycles. The Morgan fingerprint density at radius 2 is 1.41 bits per heavy atom. The number of ether oxygens (including phenoxy) is 3. The fourth-order valence-electron chi connectivity index (χ4n) is 1.28. The van der Waals surface area contributed by atoms with Gasteiger partial charge in [0.15, 0.2) is 5.78 Å². The number of carbonyl (C=O) groups is 2. The van der Waals surface area contributed by atoms with E-state index in [-0.39, 0.29) is 29.6 Å². The summed E-state index contributed by atoms with van der Waals surface area (Å²) in [5.41, 5.74) is -0.375. The lowest BCUT2D eigenvalue weighted by molar-refractivity contribution is -0.128. The number of Topliss-reactive ketones (excluding diaryl/α,β-unsaturated/α-hetero) is 1. The number of nitrogens with one attached hydrogen (secondary N) is 1. The Bertz CT molecular complexity index is 323. The molecular formula is C16H31NO5. The molecule has 1 N–H and O–H groups in total. The predicted molar refractivity (Wildman–Crippen MR) is 84.8 cm³/mol. The smallest absolute Gasteiger partial charge is 0.225 e. The third kappa shape index (κ3) is 11.7. The maximum Gasteiger partial charge on any atom is 0.225 e. The molecule has 22 heavy (non-hydrogen) atoms. The van der Waals surface area contributed by atoms with Crippen molar-refractivity contribution in [3.8, 4) is 0 Å². The molecule has 0 saturated heterocycles. The summed E-state index contributed by atoms with van der Waals surface area (Å²) in [5, 5.41) is 2.80. The van der Waals surface area contributed by atoms with Crippen molar-refractivity contribution in [1.29, 1.82) is 0 Å². The monoisotopic (exact) mass is 317 g/mol. The first-order valence-electron chi connectivity index (χ1n) is 7.79. The number of hydrogen-bond donors (Lipinski definition) is 1. The first-order valence-corrected chi connectivity index (χ1v) is 7.79. The Balaban J connectivity index is 3.28. The molecule has 0 aliphatic heterocycles. The molecule has 0 heterocycles. The van der Waals surface area contributed by atoms with Crippen LogP contribution in [0, 0.1) is 11.3 Å². The van der Waals surface area contributed by atoms with E-state index in [1.54, 1.807) is 0 Å². The van der Waals surface area contributed by atoms with Crippen molar-refractivity contribution >= 4 is 11.7 Å². The van der Waals surface area contributed by atoms with Gasteiger partial charge >= 0.3 is 0 Å². The van der Waals surface area contributed by atoms with Crippen molar-refractivity contribution in [2.45, 2.75) is 34.6 Å². The molecule has 130 valence electrons. The van der Waals surface area contributed by atoms with Gasteiger partial charge in [0.1, 0.15) is 6.61 Å². The van der Waals surface area contributed by atoms with Crippen molar-refractivity contribution in [3.05, 3.63) is 0 Å². The highest BCUT2D eigenvalue weighted by molar-refractivity contribution is 5.81. The Morgan fingerprint density at radius 1 is 0.909 bits per heavy atom. The summed E-state index contributed by atoms with van der Waals surface area (Å²) in [7, 11) is 0. The van der Waals surface area contributed by atoms with Crippen LogP contribution in [0.2, 0.25) is 0 Å². The van der Waals surface area contributed by atoms with Crippen LogP contribution in [-0.4, -0.2) is 57.9 Å². The number of ketones is 1. The van der Waals surface area contributed by atoms with Crippen LogP contribution in [0.25, 0.3) is 0 Å². The van der Waals surface area contributed by atoms with Gasteiger partial charge in [0.2, 0.25) is 5.91 Å². The van der Waals surface area contributed by atoms with Crippen LogP contribution < -0.4 is 5.32 Å². The van der Waals surface area contributed by atoms with E-state index in [1.807, 2.05) is 34.6 Å². The van der Waals surface area contributed by atoms with Crippen LogP contribution in [0.5, 0.6) is 0 Å². The number of amides is 1. The van der Waals surface area contributed by atoms with E-state index in [2.05, 4.69) is 5.32 Å². The highest BCUT2D eigenvalue weighted by Crippen LogP contribution is 2.11. The van der Waals surface area contributed by atoms with Crippen LogP contribution in [0.4, 0.5) is 0 Å². The molecule has 0 atom stereocenters. The molecule has 6 nitrogen and oxygen atoms in total. The molecule has 6 heteroatoms. The average molecular weight is 317 g/mol. The van der Waals surface area contributed by atoms with Gasteiger partial charge in [-0.25, -0.2) is 0 Å². The molecule has 0 rings (SSSR count). The van der Waals surface area contributed by atoms with Crippen LogP contribution in [-0.2, 0) is 23.8 Å². The number of hydrogen-bond acceptors (Lipinski definition) is 5. The normalized spacial score (nSPS) is 11.7. The molecule has 0 unspecified atom stereocenters. The first-order chi connectivity index (χ1) is 10.2. The fourth-order valence-corrected chi connectivity index (χ4v) is 1.28. The van der Waals surface area contributed by atoms with E-state index in [1.165, 1.54) is 0 Å². The molecule has 0 radical (unpaired) electrons. The Labute approximate surface area is 133 Å². The Kier molecular flexibility index (Phi) is 11.1. The minimum atomic E-state index is -0.375. The fraction of sp³-hybridized carbons (Fsp3) is 0.875. The van der Waals surface area contributed by atoms with Gasteiger partial charge in [-0.2, -0.15) is 0 Å². The van der Waals surface area contributed by atoms with Crippen LogP contribution >= 0.6 is 0 Å². The maximum absolute atomic E-state index is 11.6. The molecule has 1 amide bonds. The van der Waals surface area contributed by atoms with Crippen molar-refractivity contribution in [2.24, 2.45) is 11.3 Å². The van der Waals surface area contributed by atoms with E-state index in [9.17, 15) is 9.59 Å². The zero-order chi connectivity index (χ0) is 17.0. The molecule has 0 fully saturated rings. The quantitative estimate of drug-likeness (QED) is 0.551. The second-order valence-corrected chi connectivity index (χ2v) is 6.40. The molecule has 0 saturated carbocycles. The zero-order valence-electron chi connectivity index (χ0n) is 14.6. The first kappa shape index (κ1) is 21.0. The zero-order valence-corrected chi connectivity index (χ0v) is 14.6. The summed E-state index contributed by atoms with van der Waals surface area (Å²) in [5.74, 6) is 0.120. The van der Waals surface area contributed by atoms with Crippen molar-refractivity contribution < 1.29 is 23.8 Å².